The Morgan fingerprint density at radius 3 is 2.52 bits per heavy atom. The van der Waals surface area contributed by atoms with Crippen LogP contribution in [0.4, 0.5) is 0 Å². The molecule has 0 aliphatic carbocycles. The summed E-state index contributed by atoms with van der Waals surface area (Å²) in [6, 6.07) is 4.96. The lowest BCUT2D eigenvalue weighted by Gasteiger charge is -2.26. The number of hydrogen-bond donors (Lipinski definition) is 1. The summed E-state index contributed by atoms with van der Waals surface area (Å²) in [4.78, 5) is 7.15. The maximum atomic E-state index is 4.63. The Hall–Kier alpha value is -0.930. The van der Waals surface area contributed by atoms with E-state index >= 15 is 0 Å². The standard InChI is InChI=1S/C18H33N3/c1-5-7-8-12-21(16(3)4)15-18-10-9-17(14-20-18)13-19-11-6-2/h9-10,14,16,19H,5-8,11-13,15H2,1-4H3. The molecular formula is C18H33N3. The summed E-state index contributed by atoms with van der Waals surface area (Å²) in [6.07, 6.45) is 7.07. The third-order valence-corrected chi connectivity index (χ3v) is 3.79. The molecule has 1 N–H and O–H groups in total. The number of pyridine rings is 1. The van der Waals surface area contributed by atoms with E-state index in [0.29, 0.717) is 6.04 Å². The van der Waals surface area contributed by atoms with E-state index < -0.39 is 0 Å². The first-order valence-electron chi connectivity index (χ1n) is 8.55. The van der Waals surface area contributed by atoms with Crippen LogP contribution in [0.15, 0.2) is 18.3 Å². The van der Waals surface area contributed by atoms with Gasteiger partial charge in [-0.25, -0.2) is 0 Å². The van der Waals surface area contributed by atoms with Gasteiger partial charge in [0.2, 0.25) is 0 Å². The Balaban J connectivity index is 2.47. The summed E-state index contributed by atoms with van der Waals surface area (Å²) >= 11 is 0. The van der Waals surface area contributed by atoms with E-state index in [9.17, 15) is 0 Å². The van der Waals surface area contributed by atoms with Crippen molar-refractivity contribution in [3.63, 3.8) is 0 Å². The van der Waals surface area contributed by atoms with Gasteiger partial charge in [-0.05, 0) is 51.4 Å². The number of rotatable bonds is 11. The lowest BCUT2D eigenvalue weighted by Crippen LogP contribution is -2.31. The van der Waals surface area contributed by atoms with Crippen LogP contribution < -0.4 is 5.32 Å². The quantitative estimate of drug-likeness (QED) is 0.625. The summed E-state index contributed by atoms with van der Waals surface area (Å²) < 4.78 is 0. The first-order valence-corrected chi connectivity index (χ1v) is 8.55. The summed E-state index contributed by atoms with van der Waals surface area (Å²) in [5.41, 5.74) is 2.45. The molecule has 0 atom stereocenters. The fourth-order valence-corrected chi connectivity index (χ4v) is 2.36. The molecule has 0 saturated carbocycles. The Morgan fingerprint density at radius 1 is 1.14 bits per heavy atom. The maximum absolute atomic E-state index is 4.63. The number of unbranched alkanes of at least 4 members (excludes halogenated alkanes) is 2. The van der Waals surface area contributed by atoms with Gasteiger partial charge in [0.15, 0.2) is 0 Å². The first-order chi connectivity index (χ1) is 10.2. The number of nitrogens with zero attached hydrogens (tertiary/aromatic N) is 2. The van der Waals surface area contributed by atoms with E-state index in [4.69, 9.17) is 0 Å². The van der Waals surface area contributed by atoms with Gasteiger partial charge < -0.3 is 5.32 Å². The normalized spacial score (nSPS) is 11.5. The van der Waals surface area contributed by atoms with Crippen LogP contribution in [-0.2, 0) is 13.1 Å². The minimum absolute atomic E-state index is 0.578. The van der Waals surface area contributed by atoms with E-state index in [2.05, 4.69) is 55.0 Å². The zero-order chi connectivity index (χ0) is 15.5. The van der Waals surface area contributed by atoms with E-state index in [1.807, 2.05) is 6.20 Å². The molecule has 1 aromatic heterocycles. The molecule has 21 heavy (non-hydrogen) atoms. The molecule has 0 radical (unpaired) electrons. The zero-order valence-corrected chi connectivity index (χ0v) is 14.4. The highest BCUT2D eigenvalue weighted by atomic mass is 15.1. The number of hydrogen-bond acceptors (Lipinski definition) is 3. The Kier molecular flexibility index (Phi) is 9.27. The van der Waals surface area contributed by atoms with Crippen LogP contribution in [0.1, 0.15) is 64.6 Å². The van der Waals surface area contributed by atoms with Crippen molar-refractivity contribution in [1.29, 1.82) is 0 Å². The zero-order valence-electron chi connectivity index (χ0n) is 14.4. The monoisotopic (exact) mass is 291 g/mol. The lowest BCUT2D eigenvalue weighted by atomic mass is 10.2. The van der Waals surface area contributed by atoms with Gasteiger partial charge >= 0.3 is 0 Å². The van der Waals surface area contributed by atoms with E-state index in [0.717, 1.165) is 19.6 Å². The van der Waals surface area contributed by atoms with Gasteiger partial charge in [0.05, 0.1) is 5.69 Å². The van der Waals surface area contributed by atoms with Crippen molar-refractivity contribution in [2.24, 2.45) is 0 Å². The van der Waals surface area contributed by atoms with Crippen molar-refractivity contribution in [2.75, 3.05) is 13.1 Å². The summed E-state index contributed by atoms with van der Waals surface area (Å²) in [7, 11) is 0. The molecule has 1 heterocycles. The molecule has 0 unspecified atom stereocenters. The van der Waals surface area contributed by atoms with Crippen LogP contribution in [0.5, 0.6) is 0 Å². The fraction of sp³-hybridized carbons (Fsp3) is 0.722. The predicted molar refractivity (Wildman–Crippen MR) is 91.3 cm³/mol. The molecule has 0 aliphatic rings. The minimum Gasteiger partial charge on any atom is -0.313 e. The first kappa shape index (κ1) is 18.1. The highest BCUT2D eigenvalue weighted by Gasteiger charge is 2.10. The third-order valence-electron chi connectivity index (χ3n) is 3.79. The molecule has 0 aliphatic heterocycles. The second kappa shape index (κ2) is 10.7. The largest absolute Gasteiger partial charge is 0.313 e. The third kappa shape index (κ3) is 7.58. The van der Waals surface area contributed by atoms with Gasteiger partial charge in [-0.3, -0.25) is 9.88 Å². The minimum atomic E-state index is 0.578. The molecule has 0 amide bonds. The molecular weight excluding hydrogens is 258 g/mol. The molecule has 0 spiro atoms. The maximum Gasteiger partial charge on any atom is 0.0544 e. The van der Waals surface area contributed by atoms with Crippen LogP contribution in [0.2, 0.25) is 0 Å². The van der Waals surface area contributed by atoms with E-state index in [1.165, 1.54) is 43.5 Å². The van der Waals surface area contributed by atoms with Gasteiger partial charge in [-0.2, -0.15) is 0 Å². The number of nitrogens with one attached hydrogen (secondary N) is 1. The summed E-state index contributed by atoms with van der Waals surface area (Å²) in [6.45, 7) is 13.1. The van der Waals surface area contributed by atoms with Gasteiger partial charge in [0.25, 0.3) is 0 Å². The molecule has 0 fully saturated rings. The van der Waals surface area contributed by atoms with Crippen LogP contribution in [-0.4, -0.2) is 29.0 Å². The smallest absolute Gasteiger partial charge is 0.0544 e. The summed E-state index contributed by atoms with van der Waals surface area (Å²) in [5.74, 6) is 0. The summed E-state index contributed by atoms with van der Waals surface area (Å²) in [5, 5.41) is 3.41. The predicted octanol–water partition coefficient (Wildman–Crippen LogP) is 3.98. The Bertz CT molecular complexity index is 359. The van der Waals surface area contributed by atoms with Gasteiger partial charge in [-0.15, -0.1) is 0 Å². The van der Waals surface area contributed by atoms with Crippen molar-refractivity contribution in [3.8, 4) is 0 Å². The average Bonchev–Trinajstić information content (AvgIpc) is 2.48. The van der Waals surface area contributed by atoms with Crippen molar-refractivity contribution in [2.45, 2.75) is 72.5 Å². The van der Waals surface area contributed by atoms with Crippen molar-refractivity contribution >= 4 is 0 Å². The second-order valence-electron chi connectivity index (χ2n) is 6.11. The molecule has 0 bridgehead atoms. The molecule has 0 saturated heterocycles. The molecule has 120 valence electrons. The van der Waals surface area contributed by atoms with E-state index in [-0.39, 0.29) is 0 Å². The highest BCUT2D eigenvalue weighted by Crippen LogP contribution is 2.09. The molecule has 0 aromatic carbocycles. The van der Waals surface area contributed by atoms with Crippen LogP contribution >= 0.6 is 0 Å². The topological polar surface area (TPSA) is 28.2 Å². The van der Waals surface area contributed by atoms with Crippen LogP contribution in [0, 0.1) is 0 Å². The van der Waals surface area contributed by atoms with Crippen molar-refractivity contribution in [1.82, 2.24) is 15.2 Å². The number of aromatic nitrogens is 1. The Morgan fingerprint density at radius 2 is 1.95 bits per heavy atom. The SMILES string of the molecule is CCCCCN(Cc1ccc(CNCCC)cn1)C(C)C. The fourth-order valence-electron chi connectivity index (χ4n) is 2.36. The highest BCUT2D eigenvalue weighted by molar-refractivity contribution is 5.14. The Labute approximate surface area is 131 Å². The van der Waals surface area contributed by atoms with Gasteiger partial charge in [-0.1, -0.05) is 32.8 Å². The van der Waals surface area contributed by atoms with Crippen LogP contribution in [0.3, 0.4) is 0 Å². The van der Waals surface area contributed by atoms with Crippen molar-refractivity contribution in [3.05, 3.63) is 29.6 Å². The average molecular weight is 291 g/mol. The second-order valence-corrected chi connectivity index (χ2v) is 6.11. The van der Waals surface area contributed by atoms with Crippen molar-refractivity contribution < 1.29 is 0 Å². The molecule has 1 rings (SSSR count). The van der Waals surface area contributed by atoms with Crippen LogP contribution in [0.25, 0.3) is 0 Å². The van der Waals surface area contributed by atoms with E-state index in [1.54, 1.807) is 0 Å². The molecule has 3 nitrogen and oxygen atoms in total. The molecule has 1 aromatic rings. The van der Waals surface area contributed by atoms with Gasteiger partial charge in [0.1, 0.15) is 0 Å². The van der Waals surface area contributed by atoms with Gasteiger partial charge in [0, 0.05) is 25.3 Å². The molecule has 3 heteroatoms. The lowest BCUT2D eigenvalue weighted by molar-refractivity contribution is 0.206.